The Balaban J connectivity index is 3.17. The molecule has 1 heterocycles. The molecular weight excluding hydrogens is 243 g/mol. The van der Waals surface area contributed by atoms with Crippen LogP contribution in [-0.2, 0) is 25.7 Å². The number of alkyl halides is 3. The van der Waals surface area contributed by atoms with Crippen molar-refractivity contribution in [2.75, 3.05) is 6.54 Å². The van der Waals surface area contributed by atoms with Crippen molar-refractivity contribution >= 4 is 0 Å². The Kier molecular flexibility index (Phi) is 5.07. The SMILES string of the molecule is CCc1nc(CC(F)(F)F)nc(CC)c1CCN. The van der Waals surface area contributed by atoms with Gasteiger partial charge in [-0.3, -0.25) is 0 Å². The molecule has 0 radical (unpaired) electrons. The summed E-state index contributed by atoms with van der Waals surface area (Å²) >= 11 is 0. The fourth-order valence-corrected chi connectivity index (χ4v) is 1.91. The fourth-order valence-electron chi connectivity index (χ4n) is 1.91. The van der Waals surface area contributed by atoms with Gasteiger partial charge in [-0.2, -0.15) is 13.2 Å². The van der Waals surface area contributed by atoms with Crippen LogP contribution < -0.4 is 5.73 Å². The van der Waals surface area contributed by atoms with E-state index in [2.05, 4.69) is 9.97 Å². The molecule has 6 heteroatoms. The van der Waals surface area contributed by atoms with Crippen molar-refractivity contribution in [3.05, 3.63) is 22.8 Å². The van der Waals surface area contributed by atoms with Gasteiger partial charge in [0, 0.05) is 11.4 Å². The van der Waals surface area contributed by atoms with Gasteiger partial charge in [0.1, 0.15) is 12.2 Å². The van der Waals surface area contributed by atoms with Gasteiger partial charge in [-0.05, 0) is 31.4 Å². The molecule has 0 aliphatic heterocycles. The van der Waals surface area contributed by atoms with E-state index in [9.17, 15) is 13.2 Å². The summed E-state index contributed by atoms with van der Waals surface area (Å²) in [5.41, 5.74) is 7.80. The third kappa shape index (κ3) is 3.94. The zero-order valence-corrected chi connectivity index (χ0v) is 10.6. The second-order valence-electron chi connectivity index (χ2n) is 4.05. The molecule has 1 aromatic heterocycles. The first-order valence-corrected chi connectivity index (χ1v) is 6.05. The molecule has 18 heavy (non-hydrogen) atoms. The summed E-state index contributed by atoms with van der Waals surface area (Å²) in [5, 5.41) is 0. The molecule has 2 N–H and O–H groups in total. The van der Waals surface area contributed by atoms with Gasteiger partial charge in [0.05, 0.1) is 0 Å². The first-order valence-electron chi connectivity index (χ1n) is 6.05. The lowest BCUT2D eigenvalue weighted by atomic mass is 10.0. The maximum Gasteiger partial charge on any atom is 0.396 e. The topological polar surface area (TPSA) is 51.8 Å². The van der Waals surface area contributed by atoms with Crippen LogP contribution in [0, 0.1) is 0 Å². The molecule has 0 aromatic carbocycles. The predicted molar refractivity (Wildman–Crippen MR) is 63.3 cm³/mol. The largest absolute Gasteiger partial charge is 0.396 e. The summed E-state index contributed by atoms with van der Waals surface area (Å²) in [4.78, 5) is 8.03. The smallest absolute Gasteiger partial charge is 0.330 e. The lowest BCUT2D eigenvalue weighted by molar-refractivity contribution is -0.128. The number of hydrogen-bond acceptors (Lipinski definition) is 3. The minimum absolute atomic E-state index is 0.142. The van der Waals surface area contributed by atoms with Gasteiger partial charge in [-0.25, -0.2) is 9.97 Å². The predicted octanol–water partition coefficient (Wildman–Crippen LogP) is 2.21. The molecule has 0 bridgehead atoms. The van der Waals surface area contributed by atoms with Crippen LogP contribution in [-0.4, -0.2) is 22.7 Å². The molecule has 3 nitrogen and oxygen atoms in total. The normalized spacial score (nSPS) is 11.9. The minimum Gasteiger partial charge on any atom is -0.330 e. The lowest BCUT2D eigenvalue weighted by Gasteiger charge is -2.14. The van der Waals surface area contributed by atoms with Gasteiger partial charge in [0.2, 0.25) is 0 Å². The highest BCUT2D eigenvalue weighted by Crippen LogP contribution is 2.21. The van der Waals surface area contributed by atoms with Gasteiger partial charge in [0.15, 0.2) is 0 Å². The highest BCUT2D eigenvalue weighted by molar-refractivity contribution is 5.27. The maximum atomic E-state index is 12.4. The third-order valence-corrected chi connectivity index (χ3v) is 2.65. The van der Waals surface area contributed by atoms with Crippen LogP contribution in [0.1, 0.15) is 36.6 Å². The quantitative estimate of drug-likeness (QED) is 0.884. The van der Waals surface area contributed by atoms with E-state index in [-0.39, 0.29) is 5.82 Å². The van der Waals surface area contributed by atoms with Crippen LogP contribution in [0.25, 0.3) is 0 Å². The zero-order valence-electron chi connectivity index (χ0n) is 10.6. The molecular formula is C12H18F3N3. The van der Waals surface area contributed by atoms with Crippen LogP contribution in [0.3, 0.4) is 0 Å². The van der Waals surface area contributed by atoms with E-state index in [4.69, 9.17) is 5.73 Å². The highest BCUT2D eigenvalue weighted by Gasteiger charge is 2.30. The summed E-state index contributed by atoms with van der Waals surface area (Å²) in [5.74, 6) is -0.142. The molecule has 0 aliphatic carbocycles. The molecule has 1 aromatic rings. The van der Waals surface area contributed by atoms with Crippen LogP contribution in [0.4, 0.5) is 13.2 Å². The first-order chi connectivity index (χ1) is 8.41. The summed E-state index contributed by atoms with van der Waals surface area (Å²) in [6, 6.07) is 0. The standard InChI is InChI=1S/C12H18F3N3/c1-3-9-8(5-6-16)10(4-2)18-11(17-9)7-12(13,14)15/h3-7,16H2,1-2H3. The molecule has 102 valence electrons. The van der Waals surface area contributed by atoms with Crippen molar-refractivity contribution in [2.24, 2.45) is 5.73 Å². The molecule has 0 saturated heterocycles. The number of halogens is 3. The number of aromatic nitrogens is 2. The number of nitrogens with zero attached hydrogens (tertiary/aromatic N) is 2. The van der Waals surface area contributed by atoms with Crippen molar-refractivity contribution in [1.82, 2.24) is 9.97 Å². The monoisotopic (exact) mass is 261 g/mol. The Morgan fingerprint density at radius 1 is 1.06 bits per heavy atom. The average molecular weight is 261 g/mol. The number of nitrogens with two attached hydrogens (primary N) is 1. The van der Waals surface area contributed by atoms with Gasteiger partial charge in [-0.1, -0.05) is 13.8 Å². The molecule has 0 unspecified atom stereocenters. The third-order valence-electron chi connectivity index (χ3n) is 2.65. The molecule has 0 aliphatic rings. The van der Waals surface area contributed by atoms with Gasteiger partial charge < -0.3 is 5.73 Å². The first kappa shape index (κ1) is 14.9. The Bertz CT molecular complexity index is 377. The van der Waals surface area contributed by atoms with Crippen molar-refractivity contribution in [1.29, 1.82) is 0 Å². The number of rotatable bonds is 5. The second-order valence-corrected chi connectivity index (χ2v) is 4.05. The number of hydrogen-bond donors (Lipinski definition) is 1. The highest BCUT2D eigenvalue weighted by atomic mass is 19.4. The van der Waals surface area contributed by atoms with Crippen molar-refractivity contribution in [2.45, 2.75) is 45.7 Å². The molecule has 0 saturated carbocycles. The van der Waals surface area contributed by atoms with Crippen LogP contribution in [0.15, 0.2) is 0 Å². The number of aryl methyl sites for hydroxylation is 2. The summed E-state index contributed by atoms with van der Waals surface area (Å²) in [6.07, 6.45) is -3.55. The van der Waals surface area contributed by atoms with Gasteiger partial charge in [-0.15, -0.1) is 0 Å². The van der Waals surface area contributed by atoms with E-state index >= 15 is 0 Å². The summed E-state index contributed by atoms with van der Waals surface area (Å²) in [7, 11) is 0. The van der Waals surface area contributed by atoms with E-state index in [1.807, 2.05) is 13.8 Å². The van der Waals surface area contributed by atoms with Crippen LogP contribution >= 0.6 is 0 Å². The second kappa shape index (κ2) is 6.13. The lowest BCUT2D eigenvalue weighted by Crippen LogP contribution is -2.18. The minimum atomic E-state index is -4.27. The molecule has 0 spiro atoms. The van der Waals surface area contributed by atoms with Crippen LogP contribution in [0.2, 0.25) is 0 Å². The summed E-state index contributed by atoms with van der Waals surface area (Å²) in [6.45, 7) is 4.19. The maximum absolute atomic E-state index is 12.4. The van der Waals surface area contributed by atoms with Crippen molar-refractivity contribution in [3.8, 4) is 0 Å². The Hall–Kier alpha value is -1.17. The Labute approximate surface area is 105 Å². The van der Waals surface area contributed by atoms with E-state index in [0.29, 0.717) is 37.2 Å². The molecule has 0 fully saturated rings. The average Bonchev–Trinajstić information content (AvgIpc) is 2.28. The zero-order chi connectivity index (χ0) is 13.8. The Morgan fingerprint density at radius 3 is 1.89 bits per heavy atom. The van der Waals surface area contributed by atoms with Gasteiger partial charge in [0.25, 0.3) is 0 Å². The molecule has 0 atom stereocenters. The summed E-state index contributed by atoms with van der Waals surface area (Å²) < 4.78 is 37.1. The van der Waals surface area contributed by atoms with E-state index in [1.54, 1.807) is 0 Å². The van der Waals surface area contributed by atoms with E-state index in [1.165, 1.54) is 0 Å². The molecule has 1 rings (SSSR count). The van der Waals surface area contributed by atoms with Crippen LogP contribution in [0.5, 0.6) is 0 Å². The fraction of sp³-hybridized carbons (Fsp3) is 0.667. The van der Waals surface area contributed by atoms with E-state index < -0.39 is 12.6 Å². The Morgan fingerprint density at radius 2 is 1.56 bits per heavy atom. The van der Waals surface area contributed by atoms with Crippen molar-refractivity contribution < 1.29 is 13.2 Å². The van der Waals surface area contributed by atoms with Crippen molar-refractivity contribution in [3.63, 3.8) is 0 Å². The van der Waals surface area contributed by atoms with Gasteiger partial charge >= 0.3 is 6.18 Å². The molecule has 0 amide bonds. The van der Waals surface area contributed by atoms with E-state index in [0.717, 1.165) is 5.56 Å².